The molecule has 0 aliphatic heterocycles. The predicted molar refractivity (Wildman–Crippen MR) is 61.2 cm³/mol. The zero-order chi connectivity index (χ0) is 11.7. The first-order valence-corrected chi connectivity index (χ1v) is 4.70. The van der Waals surface area contributed by atoms with Crippen molar-refractivity contribution >= 4 is 22.2 Å². The van der Waals surface area contributed by atoms with Crippen LogP contribution in [0.15, 0.2) is 30.5 Å². The molecule has 82 valence electrons. The first-order valence-electron chi connectivity index (χ1n) is 4.70. The number of aromatic amines is 1. The largest absolute Gasteiger partial charge is 0.515 e. The molecule has 2 N–H and O–H groups in total. The summed E-state index contributed by atoms with van der Waals surface area (Å²) in [5, 5.41) is 20.2. The normalized spacial score (nSPS) is 11.9. The van der Waals surface area contributed by atoms with Crippen molar-refractivity contribution in [2.75, 3.05) is 0 Å². The van der Waals surface area contributed by atoms with Crippen LogP contribution in [0.4, 0.5) is 5.69 Å². The van der Waals surface area contributed by atoms with Crippen molar-refractivity contribution in [1.29, 1.82) is 0 Å². The lowest BCUT2D eigenvalue weighted by Gasteiger charge is -1.92. The van der Waals surface area contributed by atoms with Crippen LogP contribution in [0.25, 0.3) is 16.5 Å². The predicted octanol–water partition coefficient (Wildman–Crippen LogP) is 2.99. The molecule has 1 aromatic heterocycles. The molecule has 0 bridgehead atoms. The molecule has 0 radical (unpaired) electrons. The number of hydrogen-bond acceptors (Lipinski definition) is 3. The molecule has 2 aromatic rings. The Morgan fingerprint density at radius 1 is 1.50 bits per heavy atom. The number of aliphatic hydroxyl groups excluding tert-OH is 1. The molecule has 5 nitrogen and oxygen atoms in total. The molecule has 0 fully saturated rings. The van der Waals surface area contributed by atoms with Gasteiger partial charge >= 0.3 is 0 Å². The van der Waals surface area contributed by atoms with E-state index in [1.165, 1.54) is 12.1 Å². The molecule has 1 aromatic carbocycles. The quantitative estimate of drug-likeness (QED) is 0.462. The number of aliphatic hydroxyl groups is 1. The molecule has 0 unspecified atom stereocenters. The third kappa shape index (κ3) is 1.63. The second-order valence-electron chi connectivity index (χ2n) is 3.52. The number of rotatable bonds is 2. The number of hydrogen-bond donors (Lipinski definition) is 2. The summed E-state index contributed by atoms with van der Waals surface area (Å²) in [6, 6.07) is 6.37. The monoisotopic (exact) mass is 218 g/mol. The van der Waals surface area contributed by atoms with E-state index in [1.54, 1.807) is 19.1 Å². The second-order valence-corrected chi connectivity index (χ2v) is 3.52. The Morgan fingerprint density at radius 2 is 2.25 bits per heavy atom. The molecular formula is C11H10N2O3. The Balaban J connectivity index is 2.58. The van der Waals surface area contributed by atoms with Gasteiger partial charge in [-0.15, -0.1) is 0 Å². The van der Waals surface area contributed by atoms with Crippen molar-refractivity contribution in [2.24, 2.45) is 0 Å². The first-order chi connectivity index (χ1) is 7.61. The van der Waals surface area contributed by atoms with Crippen LogP contribution >= 0.6 is 0 Å². The van der Waals surface area contributed by atoms with Crippen molar-refractivity contribution in [3.05, 3.63) is 46.3 Å². The average Bonchev–Trinajstić information content (AvgIpc) is 2.70. The van der Waals surface area contributed by atoms with E-state index in [2.05, 4.69) is 4.98 Å². The Labute approximate surface area is 91.2 Å². The highest BCUT2D eigenvalue weighted by molar-refractivity contribution is 5.86. The molecule has 0 saturated carbocycles. The third-order valence-electron chi connectivity index (χ3n) is 2.43. The zero-order valence-electron chi connectivity index (χ0n) is 8.60. The number of fused-ring (bicyclic) bond motifs is 1. The Hall–Kier alpha value is -2.30. The van der Waals surface area contributed by atoms with Gasteiger partial charge in [-0.1, -0.05) is 0 Å². The highest BCUT2D eigenvalue weighted by atomic mass is 16.6. The smallest absolute Gasteiger partial charge is 0.270 e. The van der Waals surface area contributed by atoms with Gasteiger partial charge in [-0.3, -0.25) is 10.1 Å². The zero-order valence-corrected chi connectivity index (χ0v) is 8.60. The average molecular weight is 218 g/mol. The number of nitrogens with one attached hydrogen (secondary N) is 1. The lowest BCUT2D eigenvalue weighted by Crippen LogP contribution is -1.86. The molecule has 2 rings (SSSR count). The Bertz CT molecular complexity index is 584. The van der Waals surface area contributed by atoms with Crippen LogP contribution in [0, 0.1) is 10.1 Å². The SMILES string of the molecule is CC(=CO)c1cc2cc([N+](=O)[O-])ccc2[nH]1. The van der Waals surface area contributed by atoms with Crippen molar-refractivity contribution in [2.45, 2.75) is 6.92 Å². The Morgan fingerprint density at radius 3 is 2.88 bits per heavy atom. The van der Waals surface area contributed by atoms with Crippen LogP contribution in [0.1, 0.15) is 12.6 Å². The molecule has 0 aliphatic carbocycles. The minimum atomic E-state index is -0.430. The molecule has 0 atom stereocenters. The summed E-state index contributed by atoms with van der Waals surface area (Å²) in [5.74, 6) is 0. The van der Waals surface area contributed by atoms with Gasteiger partial charge in [-0.05, 0) is 19.1 Å². The Kier molecular flexibility index (Phi) is 2.36. The number of nitrogens with zero attached hydrogens (tertiary/aromatic N) is 1. The van der Waals surface area contributed by atoms with Crippen molar-refractivity contribution in [3.63, 3.8) is 0 Å². The van der Waals surface area contributed by atoms with E-state index >= 15 is 0 Å². The molecule has 1 heterocycles. The standard InChI is InChI=1S/C11H10N2O3/c1-7(6-14)11-5-8-4-9(13(15)16)2-3-10(8)12-11/h2-6,12,14H,1H3. The topological polar surface area (TPSA) is 79.2 Å². The number of aromatic nitrogens is 1. The molecule has 5 heteroatoms. The summed E-state index contributed by atoms with van der Waals surface area (Å²) in [4.78, 5) is 13.2. The minimum Gasteiger partial charge on any atom is -0.515 e. The summed E-state index contributed by atoms with van der Waals surface area (Å²) in [6.07, 6.45) is 0.999. The summed E-state index contributed by atoms with van der Waals surface area (Å²) in [5.41, 5.74) is 2.29. The van der Waals surface area contributed by atoms with Gasteiger partial charge in [-0.2, -0.15) is 0 Å². The minimum absolute atomic E-state index is 0.0590. The maximum atomic E-state index is 10.6. The van der Waals surface area contributed by atoms with Crippen molar-refractivity contribution in [3.8, 4) is 0 Å². The second kappa shape index (κ2) is 3.69. The fourth-order valence-electron chi connectivity index (χ4n) is 1.52. The van der Waals surface area contributed by atoms with E-state index in [0.717, 1.165) is 22.9 Å². The van der Waals surface area contributed by atoms with Crippen LogP contribution in [-0.4, -0.2) is 15.0 Å². The number of benzene rings is 1. The first kappa shape index (κ1) is 10.2. The number of nitro benzene ring substituents is 1. The van der Waals surface area contributed by atoms with Gasteiger partial charge in [0.2, 0.25) is 0 Å². The van der Waals surface area contributed by atoms with E-state index < -0.39 is 4.92 Å². The summed E-state index contributed by atoms with van der Waals surface area (Å²) in [6.45, 7) is 1.75. The molecular weight excluding hydrogens is 208 g/mol. The summed E-state index contributed by atoms with van der Waals surface area (Å²) < 4.78 is 0. The van der Waals surface area contributed by atoms with E-state index in [9.17, 15) is 10.1 Å². The van der Waals surface area contributed by atoms with Crippen LogP contribution in [-0.2, 0) is 0 Å². The fraction of sp³-hybridized carbons (Fsp3) is 0.0909. The van der Waals surface area contributed by atoms with Gasteiger partial charge in [0, 0.05) is 34.3 Å². The molecule has 0 saturated heterocycles. The number of allylic oxidation sites excluding steroid dienone is 1. The maximum absolute atomic E-state index is 10.6. The van der Waals surface area contributed by atoms with Crippen LogP contribution in [0.2, 0.25) is 0 Å². The van der Waals surface area contributed by atoms with Crippen molar-refractivity contribution in [1.82, 2.24) is 4.98 Å². The van der Waals surface area contributed by atoms with Gasteiger partial charge in [0.05, 0.1) is 11.2 Å². The molecule has 0 amide bonds. The van der Waals surface area contributed by atoms with E-state index in [1.807, 2.05) is 0 Å². The van der Waals surface area contributed by atoms with Gasteiger partial charge < -0.3 is 10.1 Å². The van der Waals surface area contributed by atoms with Gasteiger partial charge in [-0.25, -0.2) is 0 Å². The van der Waals surface area contributed by atoms with E-state index in [-0.39, 0.29) is 5.69 Å². The van der Waals surface area contributed by atoms with Gasteiger partial charge in [0.1, 0.15) is 0 Å². The summed E-state index contributed by atoms with van der Waals surface area (Å²) >= 11 is 0. The highest BCUT2D eigenvalue weighted by Crippen LogP contribution is 2.24. The van der Waals surface area contributed by atoms with Crippen LogP contribution in [0.3, 0.4) is 0 Å². The molecule has 0 aliphatic rings. The summed E-state index contributed by atoms with van der Waals surface area (Å²) in [7, 11) is 0. The lowest BCUT2D eigenvalue weighted by atomic mass is 10.2. The number of non-ortho nitro benzene ring substituents is 1. The van der Waals surface area contributed by atoms with Crippen LogP contribution in [0.5, 0.6) is 0 Å². The van der Waals surface area contributed by atoms with Gasteiger partial charge in [0.25, 0.3) is 5.69 Å². The molecule has 0 spiro atoms. The van der Waals surface area contributed by atoms with E-state index in [0.29, 0.717) is 5.57 Å². The van der Waals surface area contributed by atoms with Crippen molar-refractivity contribution < 1.29 is 10.0 Å². The number of nitro groups is 1. The lowest BCUT2D eigenvalue weighted by molar-refractivity contribution is -0.384. The molecule has 16 heavy (non-hydrogen) atoms. The fourth-order valence-corrected chi connectivity index (χ4v) is 1.52. The van der Waals surface area contributed by atoms with Gasteiger partial charge in [0.15, 0.2) is 0 Å². The number of H-pyrrole nitrogens is 1. The maximum Gasteiger partial charge on any atom is 0.270 e. The highest BCUT2D eigenvalue weighted by Gasteiger charge is 2.08. The third-order valence-corrected chi connectivity index (χ3v) is 2.43. The van der Waals surface area contributed by atoms with E-state index in [4.69, 9.17) is 5.11 Å². The van der Waals surface area contributed by atoms with Crippen LogP contribution < -0.4 is 0 Å².